The van der Waals surface area contributed by atoms with Crippen molar-refractivity contribution in [1.29, 1.82) is 1.34 Å². The lowest BCUT2D eigenvalue weighted by molar-refractivity contribution is -0.120. The number of rotatable bonds is 10. The topological polar surface area (TPSA) is 300 Å². The molecule has 0 unspecified atom stereocenters. The first-order valence-corrected chi connectivity index (χ1v) is 27.3. The minimum absolute atomic E-state index is 0.0200. The molecule has 0 aliphatic carbocycles. The molecule has 14 rings (SSSR count). The average molecular weight is 1150 g/mol. The van der Waals surface area contributed by atoms with Gasteiger partial charge in [0.15, 0.2) is 5.75 Å². The van der Waals surface area contributed by atoms with E-state index in [2.05, 4.69) is 40.6 Å². The maximum atomic E-state index is 13.1. The van der Waals surface area contributed by atoms with Gasteiger partial charge in [-0.05, 0) is 96.1 Å². The number of benzene rings is 4. The molecule has 2 aliphatic rings. The van der Waals surface area contributed by atoms with Crippen molar-refractivity contribution in [3.8, 4) is 62.0 Å². The highest BCUT2D eigenvalue weighted by Gasteiger charge is 2.27. The normalized spacial score (nSPS) is 13.1. The molecule has 85 heavy (non-hydrogen) atoms. The zero-order valence-electron chi connectivity index (χ0n) is 49.5. The summed E-state index contributed by atoms with van der Waals surface area (Å²) < 4.78 is 43.2. The Morgan fingerprint density at radius 2 is 1.14 bits per heavy atom. The summed E-state index contributed by atoms with van der Waals surface area (Å²) in [5.41, 5.74) is 18.5. The highest BCUT2D eigenvalue weighted by molar-refractivity contribution is 6.18. The summed E-state index contributed by atoms with van der Waals surface area (Å²) in [6, 6.07) is 23.4. The number of nitrogens with one attached hydrogen (secondary N) is 3. The average Bonchev–Trinajstić information content (AvgIpc) is 1.65. The van der Waals surface area contributed by atoms with Crippen molar-refractivity contribution in [3.63, 3.8) is 0 Å². The second kappa shape index (κ2) is 25.0. The summed E-state index contributed by atoms with van der Waals surface area (Å²) in [6.07, 6.45) is 3.36. The van der Waals surface area contributed by atoms with E-state index in [0.29, 0.717) is 88.3 Å². The minimum atomic E-state index is -0.170. The molecule has 2 fully saturated rings. The number of aromatic amines is 2. The Kier molecular flexibility index (Phi) is 16.8. The number of ether oxygens (including phenoxy) is 5. The van der Waals surface area contributed by atoms with E-state index in [0.717, 1.165) is 118 Å². The molecule has 10 heterocycles. The van der Waals surface area contributed by atoms with Gasteiger partial charge < -0.3 is 58.8 Å². The molecular formula is C62H62BN12O10. The molecule has 12 aromatic rings. The van der Waals surface area contributed by atoms with Gasteiger partial charge in [0, 0.05) is 68.6 Å². The molecule has 4 aromatic carbocycles. The lowest BCUT2D eigenvalue weighted by atomic mass is 9.97. The van der Waals surface area contributed by atoms with Gasteiger partial charge in [0.2, 0.25) is 0 Å². The van der Waals surface area contributed by atoms with Crippen molar-refractivity contribution in [2.45, 2.75) is 67.5 Å². The molecule has 0 saturated carbocycles. The van der Waals surface area contributed by atoms with Crippen molar-refractivity contribution in [2.75, 3.05) is 40.6 Å². The van der Waals surface area contributed by atoms with E-state index in [1.165, 1.54) is 0 Å². The van der Waals surface area contributed by atoms with Gasteiger partial charge in [0.25, 0.3) is 20.4 Å². The number of hydrogen-bond acceptors (Lipinski definition) is 19. The summed E-state index contributed by atoms with van der Waals surface area (Å²) >= 11 is 0. The molecule has 0 bridgehead atoms. The quantitative estimate of drug-likeness (QED) is 0.0628. The Morgan fingerprint density at radius 1 is 0.671 bits per heavy atom. The van der Waals surface area contributed by atoms with Gasteiger partial charge in [-0.25, -0.2) is 19.9 Å². The maximum Gasteiger partial charge on any atom is 0.298 e. The molecule has 23 heteroatoms. The summed E-state index contributed by atoms with van der Waals surface area (Å²) in [6.45, 7) is 18.3. The van der Waals surface area contributed by atoms with Gasteiger partial charge in [0.05, 0.1) is 108 Å². The van der Waals surface area contributed by atoms with Crippen LogP contribution in [0.5, 0.6) is 17.2 Å². The predicted octanol–water partition coefficient (Wildman–Crippen LogP) is 9.66. The number of carbonyl (C=O) groups excluding carboxylic acids is 2. The fraction of sp³-hybridized carbons (Fsp3) is 0.258. The van der Waals surface area contributed by atoms with Crippen molar-refractivity contribution in [2.24, 2.45) is 5.73 Å². The number of nitrogens with two attached hydrogens (primary N) is 1. The van der Waals surface area contributed by atoms with E-state index in [1.54, 1.807) is 32.7 Å². The number of amides is 1. The number of H-pyrrole nitrogens is 2. The van der Waals surface area contributed by atoms with Crippen molar-refractivity contribution in [1.82, 2.24) is 55.5 Å². The SMILES string of the molecule is CC.COc1cc2c(cc1-c1c(C)noc1C)[nH]c1nc(C)nc(-c3ccc(C(=O)NC4COC4)c4ncccc34)c12.COc1cc2c(cc1-c1c(C)noc1C)[nH]c1nc(C)nc(-c3ccc(OC=O)c4ncccc34)c12.NC1COC1.[3H][B]O. The molecule has 6 N–H and O–H groups in total. The Morgan fingerprint density at radius 3 is 1.56 bits per heavy atom. The molecular weight excluding hydrogens is 1080 g/mol. The first-order valence-electron chi connectivity index (χ1n) is 27.9. The fourth-order valence-electron chi connectivity index (χ4n) is 10.6. The van der Waals surface area contributed by atoms with Gasteiger partial charge in [-0.1, -0.05) is 42.4 Å². The van der Waals surface area contributed by atoms with Crippen LogP contribution in [0.3, 0.4) is 0 Å². The van der Waals surface area contributed by atoms with Crippen molar-refractivity contribution in [3.05, 3.63) is 125 Å². The highest BCUT2D eigenvalue weighted by Crippen LogP contribution is 2.45. The van der Waals surface area contributed by atoms with E-state index in [-0.39, 0.29) is 20.0 Å². The third-order valence-corrected chi connectivity index (χ3v) is 14.4. The van der Waals surface area contributed by atoms with Crippen LogP contribution in [0.2, 0.25) is 0 Å². The van der Waals surface area contributed by atoms with E-state index < -0.39 is 0 Å². The van der Waals surface area contributed by atoms with Gasteiger partial charge >= 0.3 is 0 Å². The number of hydrogen-bond donors (Lipinski definition) is 5. The Hall–Kier alpha value is -9.68. The number of fused-ring (bicyclic) bond motifs is 8. The van der Waals surface area contributed by atoms with E-state index in [1.807, 2.05) is 122 Å². The van der Waals surface area contributed by atoms with Gasteiger partial charge in [-0.2, -0.15) is 0 Å². The molecule has 0 atom stereocenters. The minimum Gasteiger partial charge on any atom is -0.496 e. The van der Waals surface area contributed by atoms with E-state index >= 15 is 0 Å². The van der Waals surface area contributed by atoms with E-state index in [4.69, 9.17) is 59.8 Å². The molecule has 0 spiro atoms. The van der Waals surface area contributed by atoms with Gasteiger partial charge in [-0.15, -0.1) is 0 Å². The largest absolute Gasteiger partial charge is 0.496 e. The Balaban J connectivity index is 0.000000166. The maximum absolute atomic E-state index is 13.1. The Bertz CT molecular complexity index is 4460. The Labute approximate surface area is 489 Å². The zero-order chi connectivity index (χ0) is 60.9. The summed E-state index contributed by atoms with van der Waals surface area (Å²) in [7, 11) is 3.54. The van der Waals surface area contributed by atoms with Crippen LogP contribution in [0.25, 0.3) is 110 Å². The lowest BCUT2D eigenvalue weighted by Crippen LogP contribution is -2.48. The van der Waals surface area contributed by atoms with Crippen LogP contribution >= 0.6 is 0 Å². The summed E-state index contributed by atoms with van der Waals surface area (Å²) in [4.78, 5) is 59.3. The fourth-order valence-corrected chi connectivity index (χ4v) is 10.6. The molecule has 433 valence electrons. The van der Waals surface area contributed by atoms with Crippen LogP contribution in [0.15, 0.2) is 94.2 Å². The predicted molar refractivity (Wildman–Crippen MR) is 325 cm³/mol. The smallest absolute Gasteiger partial charge is 0.298 e. The summed E-state index contributed by atoms with van der Waals surface area (Å²) in [5, 5.41) is 23.5. The van der Waals surface area contributed by atoms with Crippen LogP contribution in [0, 0.1) is 41.5 Å². The summed E-state index contributed by atoms with van der Waals surface area (Å²) in [5.74, 6) is 4.26. The lowest BCUT2D eigenvalue weighted by Gasteiger charge is -2.27. The first-order chi connectivity index (χ1) is 41.7. The second-order valence-corrected chi connectivity index (χ2v) is 19.8. The van der Waals surface area contributed by atoms with Crippen LogP contribution in [-0.4, -0.2) is 130 Å². The number of methoxy groups -OCH3 is 2. The number of pyridine rings is 2. The van der Waals surface area contributed by atoms with Crippen molar-refractivity contribution >= 4 is 86.1 Å². The molecule has 22 nitrogen and oxygen atoms in total. The van der Waals surface area contributed by atoms with Gasteiger partial charge in [0.1, 0.15) is 51.5 Å². The van der Waals surface area contributed by atoms with Gasteiger partial charge in [-0.3, -0.25) is 19.6 Å². The van der Waals surface area contributed by atoms with Crippen molar-refractivity contribution < 1.29 is 47.3 Å². The second-order valence-electron chi connectivity index (χ2n) is 19.8. The van der Waals surface area contributed by atoms with Crippen LogP contribution in [-0.2, 0) is 14.3 Å². The first kappa shape index (κ1) is 57.2. The number of nitrogens with zero attached hydrogens (tertiary/aromatic N) is 8. The van der Waals surface area contributed by atoms with Crippen LogP contribution in [0.4, 0.5) is 0 Å². The zero-order valence-corrected chi connectivity index (χ0v) is 48.5. The molecule has 1 radical (unpaired) electrons. The molecule has 2 saturated heterocycles. The van der Waals surface area contributed by atoms with E-state index in [9.17, 15) is 9.59 Å². The number of carbonyl (C=O) groups is 2. The van der Waals surface area contributed by atoms with Crippen LogP contribution in [0.1, 0.15) is 58.8 Å². The monoisotopic (exact) mass is 1150 g/mol. The highest BCUT2D eigenvalue weighted by atomic mass is 16.5. The molecule has 8 aromatic heterocycles. The standard InChI is InChI=1S/C30H26N6O4.C27H21N5O4.C3H7NO.C2H6.BH2O/c1-14-25(15(2)40-36-14)22-10-23-21(11-24(22)38-4)26-28(32-16(3)33-29(26)35-23)19-7-8-20(27-18(19)6-5-9-31-27)30(37)34-17-12-39-13-17;1-13-23(14(2)36-32-13)19-10-20-18(11-22(19)34-4)24-26(29-15(3)30-27(24)31-20)17-7-8-21(35-12-33)25-16(17)6-5-9-28-25;4-3-1-5-2-3;2*1-2/h5-11,17H,12-13H2,1-4H3,(H,34,37)(H,32,33,35);5-12H,1-4H3,(H,29,30,31);3H,1-2,4H2;1-2H3;1-2H/i;;;;1T. The number of aryl methyl sites for hydroxylation is 6. The van der Waals surface area contributed by atoms with Crippen LogP contribution < -0.4 is 25.3 Å². The number of aromatic nitrogens is 10. The molecule has 2 aliphatic heterocycles. The molecule has 1 amide bonds. The third-order valence-electron chi connectivity index (χ3n) is 14.4. The third kappa shape index (κ3) is 11.1.